The Morgan fingerprint density at radius 2 is 1.48 bits per heavy atom. The fourth-order valence-corrected chi connectivity index (χ4v) is 3.90. The summed E-state index contributed by atoms with van der Waals surface area (Å²) in [5.74, 6) is -0.550. The Kier molecular flexibility index (Phi) is 4.94. The SMILES string of the molecule is NC(=O)c1cc(-c2ccc(Br)cc2)nn1-c1nc(-c2ccc(Br)cc2)cs1. The molecule has 1 amide bonds. The molecular formula is C19H12Br2N4OS. The zero-order valence-corrected chi connectivity index (χ0v) is 17.8. The van der Waals surface area contributed by atoms with Gasteiger partial charge in [-0.25, -0.2) is 4.98 Å². The molecular weight excluding hydrogens is 492 g/mol. The molecule has 2 aromatic carbocycles. The van der Waals surface area contributed by atoms with E-state index in [1.54, 1.807) is 6.07 Å². The van der Waals surface area contributed by atoms with Crippen LogP contribution in [0.4, 0.5) is 0 Å². The van der Waals surface area contributed by atoms with Gasteiger partial charge in [0.05, 0.1) is 11.4 Å². The minimum absolute atomic E-state index is 0.296. The fraction of sp³-hybridized carbons (Fsp3) is 0. The number of hydrogen-bond acceptors (Lipinski definition) is 4. The van der Waals surface area contributed by atoms with Crippen LogP contribution in [0, 0.1) is 0 Å². The third kappa shape index (κ3) is 3.73. The molecule has 4 rings (SSSR count). The molecule has 0 saturated heterocycles. The largest absolute Gasteiger partial charge is 0.364 e. The van der Waals surface area contributed by atoms with Crippen molar-refractivity contribution < 1.29 is 4.79 Å². The summed E-state index contributed by atoms with van der Waals surface area (Å²) in [6, 6.07) is 17.3. The minimum Gasteiger partial charge on any atom is -0.364 e. The summed E-state index contributed by atoms with van der Waals surface area (Å²) in [6.45, 7) is 0. The second-order valence-electron chi connectivity index (χ2n) is 5.72. The highest BCUT2D eigenvalue weighted by Crippen LogP contribution is 2.28. The second-order valence-corrected chi connectivity index (χ2v) is 8.39. The highest BCUT2D eigenvalue weighted by molar-refractivity contribution is 9.10. The number of benzene rings is 2. The minimum atomic E-state index is -0.550. The maximum atomic E-state index is 11.9. The molecule has 8 heteroatoms. The van der Waals surface area contributed by atoms with Crippen molar-refractivity contribution in [1.29, 1.82) is 0 Å². The number of primary amides is 1. The van der Waals surface area contributed by atoms with Gasteiger partial charge in [0.2, 0.25) is 5.13 Å². The normalized spacial score (nSPS) is 10.9. The second kappa shape index (κ2) is 7.38. The monoisotopic (exact) mass is 502 g/mol. The van der Waals surface area contributed by atoms with E-state index in [0.717, 1.165) is 25.8 Å². The van der Waals surface area contributed by atoms with Crippen molar-refractivity contribution in [1.82, 2.24) is 14.8 Å². The summed E-state index contributed by atoms with van der Waals surface area (Å²) in [5.41, 5.74) is 9.22. The molecule has 0 unspecified atom stereocenters. The molecule has 134 valence electrons. The molecule has 5 nitrogen and oxygen atoms in total. The van der Waals surface area contributed by atoms with Gasteiger partial charge in [-0.1, -0.05) is 56.1 Å². The van der Waals surface area contributed by atoms with Gasteiger partial charge in [-0.05, 0) is 30.3 Å². The van der Waals surface area contributed by atoms with E-state index < -0.39 is 5.91 Å². The van der Waals surface area contributed by atoms with Crippen molar-refractivity contribution in [2.75, 3.05) is 0 Å². The number of rotatable bonds is 4. The van der Waals surface area contributed by atoms with E-state index in [4.69, 9.17) is 5.73 Å². The molecule has 0 aliphatic heterocycles. The molecule has 27 heavy (non-hydrogen) atoms. The molecule has 0 fully saturated rings. The summed E-state index contributed by atoms with van der Waals surface area (Å²) >= 11 is 8.25. The van der Waals surface area contributed by atoms with Crippen molar-refractivity contribution in [3.8, 4) is 27.6 Å². The van der Waals surface area contributed by atoms with Gasteiger partial charge in [-0.2, -0.15) is 9.78 Å². The Labute approximate surface area is 176 Å². The van der Waals surface area contributed by atoms with Crippen molar-refractivity contribution in [3.63, 3.8) is 0 Å². The van der Waals surface area contributed by atoms with Crippen LogP contribution in [-0.4, -0.2) is 20.7 Å². The van der Waals surface area contributed by atoms with Crippen LogP contribution in [0.1, 0.15) is 10.5 Å². The molecule has 0 bridgehead atoms. The number of nitrogens with two attached hydrogens (primary N) is 1. The third-order valence-electron chi connectivity index (χ3n) is 3.92. The molecule has 0 saturated carbocycles. The number of carbonyl (C=O) groups excluding carboxylic acids is 1. The summed E-state index contributed by atoms with van der Waals surface area (Å²) in [4.78, 5) is 16.6. The number of carbonyl (C=O) groups is 1. The summed E-state index contributed by atoms with van der Waals surface area (Å²) in [7, 11) is 0. The van der Waals surface area contributed by atoms with Crippen LogP contribution >= 0.6 is 43.2 Å². The number of aromatic nitrogens is 3. The van der Waals surface area contributed by atoms with Gasteiger partial charge in [0.15, 0.2) is 0 Å². The topological polar surface area (TPSA) is 73.8 Å². The average molecular weight is 504 g/mol. The first kappa shape index (κ1) is 18.1. The van der Waals surface area contributed by atoms with Crippen molar-refractivity contribution in [2.45, 2.75) is 0 Å². The van der Waals surface area contributed by atoms with Gasteiger partial charge in [0.1, 0.15) is 5.69 Å². The fourth-order valence-electron chi connectivity index (χ4n) is 2.58. The summed E-state index contributed by atoms with van der Waals surface area (Å²) in [5, 5.41) is 7.09. The van der Waals surface area contributed by atoms with Crippen LogP contribution < -0.4 is 5.73 Å². The Balaban J connectivity index is 1.76. The van der Waals surface area contributed by atoms with E-state index in [2.05, 4.69) is 41.9 Å². The number of amides is 1. The summed E-state index contributed by atoms with van der Waals surface area (Å²) < 4.78 is 3.48. The molecule has 0 radical (unpaired) electrons. The quantitative estimate of drug-likeness (QED) is 0.411. The van der Waals surface area contributed by atoms with Crippen LogP contribution in [0.5, 0.6) is 0 Å². The Morgan fingerprint density at radius 3 is 2.04 bits per heavy atom. The van der Waals surface area contributed by atoms with Crippen molar-refractivity contribution in [2.24, 2.45) is 5.73 Å². The van der Waals surface area contributed by atoms with E-state index in [1.807, 2.05) is 53.9 Å². The van der Waals surface area contributed by atoms with Gasteiger partial charge in [-0.3, -0.25) is 4.79 Å². The smallest absolute Gasteiger partial charge is 0.267 e. The van der Waals surface area contributed by atoms with Crippen LogP contribution in [0.25, 0.3) is 27.6 Å². The zero-order chi connectivity index (χ0) is 19.0. The van der Waals surface area contributed by atoms with Crippen molar-refractivity contribution >= 4 is 49.1 Å². The van der Waals surface area contributed by atoms with E-state index in [0.29, 0.717) is 16.5 Å². The highest BCUT2D eigenvalue weighted by atomic mass is 79.9. The van der Waals surface area contributed by atoms with Crippen LogP contribution in [0.2, 0.25) is 0 Å². The van der Waals surface area contributed by atoms with Gasteiger partial charge in [0, 0.05) is 25.5 Å². The van der Waals surface area contributed by atoms with Gasteiger partial charge in [0.25, 0.3) is 5.91 Å². The lowest BCUT2D eigenvalue weighted by Crippen LogP contribution is -2.16. The number of halogens is 2. The van der Waals surface area contributed by atoms with Gasteiger partial charge >= 0.3 is 0 Å². The molecule has 4 aromatic rings. The molecule has 0 aliphatic rings. The lowest BCUT2D eigenvalue weighted by molar-refractivity contribution is 0.0993. The predicted octanol–water partition coefficient (Wildman–Crippen LogP) is 5.29. The predicted molar refractivity (Wildman–Crippen MR) is 114 cm³/mol. The van der Waals surface area contributed by atoms with E-state index in [-0.39, 0.29) is 0 Å². The molecule has 2 aromatic heterocycles. The highest BCUT2D eigenvalue weighted by Gasteiger charge is 2.18. The Morgan fingerprint density at radius 1 is 0.926 bits per heavy atom. The van der Waals surface area contributed by atoms with E-state index in [1.165, 1.54) is 16.0 Å². The lowest BCUT2D eigenvalue weighted by Gasteiger charge is -2.00. The van der Waals surface area contributed by atoms with Crippen LogP contribution in [0.15, 0.2) is 68.9 Å². The third-order valence-corrected chi connectivity index (χ3v) is 5.79. The van der Waals surface area contributed by atoms with Crippen LogP contribution in [-0.2, 0) is 0 Å². The molecule has 0 atom stereocenters. The standard InChI is InChI=1S/C19H12Br2N4OS/c20-13-5-1-11(2-6-13)15-9-17(18(22)26)25(24-15)19-23-16(10-27-19)12-3-7-14(21)8-4-12/h1-10H,(H2,22,26). The lowest BCUT2D eigenvalue weighted by atomic mass is 10.1. The molecule has 0 spiro atoms. The van der Waals surface area contributed by atoms with Crippen LogP contribution in [0.3, 0.4) is 0 Å². The van der Waals surface area contributed by atoms with Crippen molar-refractivity contribution in [3.05, 3.63) is 74.6 Å². The summed E-state index contributed by atoms with van der Waals surface area (Å²) in [6.07, 6.45) is 0. The molecule has 2 N–H and O–H groups in total. The maximum Gasteiger partial charge on any atom is 0.267 e. The number of thiazole rings is 1. The molecule has 0 aliphatic carbocycles. The van der Waals surface area contributed by atoms with E-state index >= 15 is 0 Å². The Bertz CT molecular complexity index is 1120. The number of nitrogens with zero attached hydrogens (tertiary/aromatic N) is 3. The first-order valence-electron chi connectivity index (χ1n) is 7.89. The first-order valence-corrected chi connectivity index (χ1v) is 10.4. The maximum absolute atomic E-state index is 11.9. The molecule has 2 heterocycles. The number of hydrogen-bond donors (Lipinski definition) is 1. The van der Waals surface area contributed by atoms with E-state index in [9.17, 15) is 4.79 Å². The first-order chi connectivity index (χ1) is 13.0. The van der Waals surface area contributed by atoms with Gasteiger partial charge in [-0.15, -0.1) is 11.3 Å². The zero-order valence-electron chi connectivity index (χ0n) is 13.8. The Hall–Kier alpha value is -2.29. The van der Waals surface area contributed by atoms with Gasteiger partial charge < -0.3 is 5.73 Å². The average Bonchev–Trinajstić information content (AvgIpc) is 3.30.